The Labute approximate surface area is 119 Å². The van der Waals surface area contributed by atoms with E-state index >= 15 is 0 Å². The van der Waals surface area contributed by atoms with E-state index in [4.69, 9.17) is 4.74 Å². The molecule has 5 heteroatoms. The van der Waals surface area contributed by atoms with Crippen molar-refractivity contribution >= 4 is 11.8 Å². The van der Waals surface area contributed by atoms with Crippen molar-refractivity contribution in [1.29, 1.82) is 0 Å². The molecule has 2 aliphatic heterocycles. The third kappa shape index (κ3) is 3.33. The van der Waals surface area contributed by atoms with Crippen LogP contribution in [0.4, 0.5) is 0 Å². The first kappa shape index (κ1) is 13.5. The minimum atomic E-state index is 0.176. The van der Waals surface area contributed by atoms with Crippen molar-refractivity contribution in [3.63, 3.8) is 0 Å². The molecule has 19 heavy (non-hydrogen) atoms. The Kier molecular flexibility index (Phi) is 4.15. The highest BCUT2D eigenvalue weighted by Crippen LogP contribution is 2.38. The van der Waals surface area contributed by atoms with Crippen LogP contribution in [0.5, 0.6) is 0 Å². The number of nitrogens with one attached hydrogen (secondary N) is 1. The Morgan fingerprint density at radius 2 is 2.58 bits per heavy atom. The number of hydrogen-bond donors (Lipinski definition) is 1. The van der Waals surface area contributed by atoms with E-state index in [9.17, 15) is 0 Å². The van der Waals surface area contributed by atoms with Gasteiger partial charge in [0.15, 0.2) is 0 Å². The third-order valence-corrected chi connectivity index (χ3v) is 5.35. The second kappa shape index (κ2) is 5.85. The number of nitrogens with zero attached hydrogens (tertiary/aromatic N) is 2. The number of imidazole rings is 1. The van der Waals surface area contributed by atoms with Gasteiger partial charge in [-0.25, -0.2) is 4.98 Å². The molecule has 4 nitrogen and oxygen atoms in total. The average Bonchev–Trinajstić information content (AvgIpc) is 3.02. The van der Waals surface area contributed by atoms with Crippen molar-refractivity contribution in [3.05, 3.63) is 18.7 Å². The van der Waals surface area contributed by atoms with Gasteiger partial charge < -0.3 is 14.6 Å². The molecule has 2 saturated heterocycles. The van der Waals surface area contributed by atoms with Crippen LogP contribution in [-0.4, -0.2) is 45.3 Å². The summed E-state index contributed by atoms with van der Waals surface area (Å²) in [5, 5.41) is 3.77. The van der Waals surface area contributed by atoms with E-state index in [1.54, 1.807) is 0 Å². The Hall–Kier alpha value is -0.520. The van der Waals surface area contributed by atoms with Gasteiger partial charge in [0.1, 0.15) is 0 Å². The first-order valence-electron chi connectivity index (χ1n) is 7.19. The van der Waals surface area contributed by atoms with Crippen molar-refractivity contribution in [2.75, 3.05) is 18.1 Å². The molecule has 0 aromatic carbocycles. The van der Waals surface area contributed by atoms with Crippen molar-refractivity contribution < 1.29 is 4.74 Å². The van der Waals surface area contributed by atoms with E-state index in [0.29, 0.717) is 12.1 Å². The van der Waals surface area contributed by atoms with Crippen molar-refractivity contribution in [1.82, 2.24) is 14.9 Å². The fraction of sp³-hybridized carbons (Fsp3) is 0.786. The topological polar surface area (TPSA) is 39.1 Å². The maximum atomic E-state index is 6.07. The lowest BCUT2D eigenvalue weighted by atomic mass is 9.89. The van der Waals surface area contributed by atoms with Gasteiger partial charge in [-0.3, -0.25) is 0 Å². The van der Waals surface area contributed by atoms with E-state index in [1.165, 1.54) is 24.3 Å². The van der Waals surface area contributed by atoms with Crippen molar-refractivity contribution in [2.24, 2.45) is 0 Å². The van der Waals surface area contributed by atoms with Gasteiger partial charge in [-0.2, -0.15) is 11.8 Å². The van der Waals surface area contributed by atoms with Crippen LogP contribution in [-0.2, 0) is 11.3 Å². The highest BCUT2D eigenvalue weighted by molar-refractivity contribution is 7.99. The van der Waals surface area contributed by atoms with Crippen LogP contribution in [0.2, 0.25) is 0 Å². The lowest BCUT2D eigenvalue weighted by Gasteiger charge is -2.39. The van der Waals surface area contributed by atoms with Gasteiger partial charge in [0.25, 0.3) is 0 Å². The summed E-state index contributed by atoms with van der Waals surface area (Å²) in [6.45, 7) is 4.15. The predicted octanol–water partition coefficient (Wildman–Crippen LogP) is 1.92. The molecule has 3 unspecified atom stereocenters. The van der Waals surface area contributed by atoms with Crippen LogP contribution in [0, 0.1) is 0 Å². The van der Waals surface area contributed by atoms with Gasteiger partial charge in [-0.05, 0) is 31.9 Å². The minimum absolute atomic E-state index is 0.176. The van der Waals surface area contributed by atoms with Crippen LogP contribution in [0.3, 0.4) is 0 Å². The smallest absolute Gasteiger partial charge is 0.0946 e. The third-order valence-electron chi connectivity index (χ3n) is 4.12. The quantitative estimate of drug-likeness (QED) is 0.915. The standard InChI is InChI=1S/C14H23N3OS/c1-12(9-17-5-4-15-11-17)16-13-2-6-18-14(8-13)3-7-19-10-14/h4-5,11-13,16H,2-3,6-10H2,1H3. The maximum absolute atomic E-state index is 6.07. The van der Waals surface area contributed by atoms with Crippen molar-refractivity contribution in [3.8, 4) is 0 Å². The summed E-state index contributed by atoms with van der Waals surface area (Å²) in [5.74, 6) is 2.44. The molecule has 2 fully saturated rings. The maximum Gasteiger partial charge on any atom is 0.0946 e. The van der Waals surface area contributed by atoms with Crippen LogP contribution >= 0.6 is 11.8 Å². The SMILES string of the molecule is CC(Cn1ccnc1)NC1CCOC2(CCSC2)C1. The molecule has 0 radical (unpaired) electrons. The zero-order valence-electron chi connectivity index (χ0n) is 11.5. The number of aromatic nitrogens is 2. The second-order valence-corrected chi connectivity index (χ2v) is 6.96. The largest absolute Gasteiger partial charge is 0.374 e. The Morgan fingerprint density at radius 1 is 1.63 bits per heavy atom. The number of thioether (sulfide) groups is 1. The molecule has 1 spiro atoms. The molecule has 0 saturated carbocycles. The fourth-order valence-electron chi connectivity index (χ4n) is 3.20. The number of rotatable bonds is 4. The van der Waals surface area contributed by atoms with Gasteiger partial charge in [-0.15, -0.1) is 0 Å². The fourth-order valence-corrected chi connectivity index (χ4v) is 4.58. The lowest BCUT2D eigenvalue weighted by Crippen LogP contribution is -2.50. The Bertz CT molecular complexity index is 389. The molecule has 0 amide bonds. The summed E-state index contributed by atoms with van der Waals surface area (Å²) in [4.78, 5) is 4.09. The first-order chi connectivity index (χ1) is 9.26. The monoisotopic (exact) mass is 281 g/mol. The molecule has 3 atom stereocenters. The van der Waals surface area contributed by atoms with E-state index in [-0.39, 0.29) is 5.60 Å². The van der Waals surface area contributed by atoms with Gasteiger partial charge in [0.2, 0.25) is 0 Å². The molecular formula is C14H23N3OS. The molecule has 2 aliphatic rings. The molecule has 106 valence electrons. The van der Waals surface area contributed by atoms with E-state index in [0.717, 1.165) is 19.6 Å². The minimum Gasteiger partial charge on any atom is -0.374 e. The average molecular weight is 281 g/mol. The second-order valence-electron chi connectivity index (χ2n) is 5.85. The zero-order valence-corrected chi connectivity index (χ0v) is 12.4. The number of ether oxygens (including phenoxy) is 1. The predicted molar refractivity (Wildman–Crippen MR) is 78.5 cm³/mol. The first-order valence-corrected chi connectivity index (χ1v) is 8.35. The van der Waals surface area contributed by atoms with Gasteiger partial charge in [0.05, 0.1) is 11.9 Å². The van der Waals surface area contributed by atoms with E-state index in [1.807, 2.05) is 30.5 Å². The highest BCUT2D eigenvalue weighted by atomic mass is 32.2. The summed E-state index contributed by atoms with van der Waals surface area (Å²) in [6, 6.07) is 1.08. The summed E-state index contributed by atoms with van der Waals surface area (Å²) < 4.78 is 8.21. The summed E-state index contributed by atoms with van der Waals surface area (Å²) in [6.07, 6.45) is 9.29. The van der Waals surface area contributed by atoms with Gasteiger partial charge >= 0.3 is 0 Å². The van der Waals surface area contributed by atoms with Crippen molar-refractivity contribution in [2.45, 2.75) is 50.4 Å². The molecule has 3 heterocycles. The normalized spacial score (nSPS) is 32.8. The van der Waals surface area contributed by atoms with E-state index in [2.05, 4.69) is 21.8 Å². The number of hydrogen-bond acceptors (Lipinski definition) is 4. The zero-order chi connectivity index (χ0) is 13.1. The lowest BCUT2D eigenvalue weighted by molar-refractivity contribution is -0.0712. The highest BCUT2D eigenvalue weighted by Gasteiger charge is 2.40. The molecule has 1 aromatic heterocycles. The molecule has 3 rings (SSSR count). The van der Waals surface area contributed by atoms with E-state index < -0.39 is 0 Å². The molecular weight excluding hydrogens is 258 g/mol. The van der Waals surface area contributed by atoms with Gasteiger partial charge in [0, 0.05) is 43.4 Å². The van der Waals surface area contributed by atoms with Crippen LogP contribution in [0.25, 0.3) is 0 Å². The Balaban J connectivity index is 1.51. The van der Waals surface area contributed by atoms with Gasteiger partial charge in [-0.1, -0.05) is 0 Å². The molecule has 1 N–H and O–H groups in total. The molecule has 0 aliphatic carbocycles. The summed E-state index contributed by atoms with van der Waals surface area (Å²) in [7, 11) is 0. The summed E-state index contributed by atoms with van der Waals surface area (Å²) >= 11 is 2.04. The molecule has 0 bridgehead atoms. The van der Waals surface area contributed by atoms with Crippen LogP contribution < -0.4 is 5.32 Å². The van der Waals surface area contributed by atoms with Crippen LogP contribution in [0.15, 0.2) is 18.7 Å². The summed E-state index contributed by atoms with van der Waals surface area (Å²) in [5.41, 5.74) is 0.176. The molecule has 1 aromatic rings. The van der Waals surface area contributed by atoms with Crippen LogP contribution in [0.1, 0.15) is 26.2 Å². The Morgan fingerprint density at radius 3 is 3.32 bits per heavy atom.